The number of methoxy groups -OCH3 is 1. The van der Waals surface area contributed by atoms with Gasteiger partial charge in [-0.25, -0.2) is 0 Å². The fraction of sp³-hybridized carbons (Fsp3) is 0.550. The number of nitrogens with zero attached hydrogens (tertiary/aromatic N) is 2. The summed E-state index contributed by atoms with van der Waals surface area (Å²) in [4.78, 5) is 16.8. The van der Waals surface area contributed by atoms with Crippen LogP contribution in [0.15, 0.2) is 22.6 Å². The number of benzene rings is 1. The van der Waals surface area contributed by atoms with E-state index in [-0.39, 0.29) is 5.91 Å². The lowest BCUT2D eigenvalue weighted by Gasteiger charge is -2.29. The van der Waals surface area contributed by atoms with E-state index in [1.165, 1.54) is 0 Å². The number of hydrogen-bond donors (Lipinski definition) is 1. The molecule has 0 aliphatic carbocycles. The average molecular weight is 360 g/mol. The number of aliphatic hydroxyl groups is 1. The van der Waals surface area contributed by atoms with Crippen LogP contribution in [0.2, 0.25) is 0 Å². The minimum atomic E-state index is -0.741. The van der Waals surface area contributed by atoms with E-state index in [0.29, 0.717) is 49.6 Å². The predicted octanol–water partition coefficient (Wildman–Crippen LogP) is 2.67. The monoisotopic (exact) mass is 360 g/mol. The molecule has 1 fully saturated rings. The van der Waals surface area contributed by atoms with Crippen LogP contribution in [0, 0.1) is 6.92 Å². The number of carbonyl (C=O) groups is 1. The molecule has 1 aromatic carbocycles. The van der Waals surface area contributed by atoms with E-state index in [4.69, 9.17) is 9.15 Å². The Morgan fingerprint density at radius 1 is 1.35 bits per heavy atom. The number of amides is 1. The smallest absolute Gasteiger partial charge is 0.289 e. The summed E-state index contributed by atoms with van der Waals surface area (Å²) in [6, 6.07) is 5.59. The SMILES string of the molecule is COc1ccc2c(C)c(C(=O)N3CCC[C@@](O)(CN(C)C)CC3)oc2c1. The second-order valence-electron chi connectivity index (χ2n) is 7.53. The molecular formula is C20H28N2O4. The van der Waals surface area contributed by atoms with E-state index < -0.39 is 5.60 Å². The van der Waals surface area contributed by atoms with Gasteiger partial charge in [0.2, 0.25) is 0 Å². The molecule has 1 amide bonds. The number of fused-ring (bicyclic) bond motifs is 1. The van der Waals surface area contributed by atoms with Crippen molar-refractivity contribution in [1.82, 2.24) is 9.80 Å². The zero-order chi connectivity index (χ0) is 18.9. The number of likely N-dealkylation sites (N-methyl/N-ethyl adjacent to an activating group) is 1. The highest BCUT2D eigenvalue weighted by Crippen LogP contribution is 2.30. The Labute approximate surface area is 154 Å². The van der Waals surface area contributed by atoms with Crippen LogP contribution in [0.4, 0.5) is 0 Å². The van der Waals surface area contributed by atoms with E-state index in [2.05, 4.69) is 0 Å². The lowest BCUT2D eigenvalue weighted by Crippen LogP contribution is -2.41. The summed E-state index contributed by atoms with van der Waals surface area (Å²) >= 11 is 0. The van der Waals surface area contributed by atoms with Crippen molar-refractivity contribution < 1.29 is 19.1 Å². The molecule has 0 radical (unpaired) electrons. The van der Waals surface area contributed by atoms with Gasteiger partial charge in [0.1, 0.15) is 11.3 Å². The number of likely N-dealkylation sites (tertiary alicyclic amines) is 1. The van der Waals surface area contributed by atoms with Crippen LogP contribution < -0.4 is 4.74 Å². The minimum Gasteiger partial charge on any atom is -0.497 e. The molecule has 1 saturated heterocycles. The Balaban J connectivity index is 1.81. The highest BCUT2D eigenvalue weighted by molar-refractivity contribution is 5.99. The predicted molar refractivity (Wildman–Crippen MR) is 101 cm³/mol. The molecular weight excluding hydrogens is 332 g/mol. The molecule has 0 spiro atoms. The summed E-state index contributed by atoms with van der Waals surface area (Å²) in [7, 11) is 5.52. The summed E-state index contributed by atoms with van der Waals surface area (Å²) in [6.07, 6.45) is 2.05. The Kier molecular flexibility index (Phi) is 5.25. The summed E-state index contributed by atoms with van der Waals surface area (Å²) in [5, 5.41) is 11.7. The zero-order valence-corrected chi connectivity index (χ0v) is 16.0. The fourth-order valence-electron chi connectivity index (χ4n) is 3.81. The van der Waals surface area contributed by atoms with Crippen molar-refractivity contribution in [3.05, 3.63) is 29.5 Å². The first-order valence-corrected chi connectivity index (χ1v) is 9.06. The van der Waals surface area contributed by atoms with Gasteiger partial charge in [-0.3, -0.25) is 4.79 Å². The number of carbonyl (C=O) groups excluding carboxylic acids is 1. The van der Waals surface area contributed by atoms with E-state index in [0.717, 1.165) is 17.4 Å². The molecule has 6 nitrogen and oxygen atoms in total. The topological polar surface area (TPSA) is 66.2 Å². The van der Waals surface area contributed by atoms with E-state index in [1.807, 2.05) is 38.1 Å². The van der Waals surface area contributed by atoms with Gasteiger partial charge in [0.05, 0.1) is 12.7 Å². The van der Waals surface area contributed by atoms with Crippen LogP contribution in [0.1, 0.15) is 35.4 Å². The Morgan fingerprint density at radius 3 is 2.81 bits per heavy atom. The molecule has 1 aliphatic heterocycles. The molecule has 142 valence electrons. The third kappa shape index (κ3) is 3.71. The summed E-state index contributed by atoms with van der Waals surface area (Å²) in [5.74, 6) is 0.979. The van der Waals surface area contributed by atoms with Gasteiger partial charge in [-0.1, -0.05) is 0 Å². The molecule has 26 heavy (non-hydrogen) atoms. The van der Waals surface area contributed by atoms with Crippen LogP contribution in [-0.2, 0) is 0 Å². The maximum atomic E-state index is 13.0. The maximum Gasteiger partial charge on any atom is 0.289 e. The molecule has 1 aliphatic rings. The number of furan rings is 1. The molecule has 2 aromatic rings. The van der Waals surface area contributed by atoms with Crippen LogP contribution in [0.3, 0.4) is 0 Å². The summed E-state index contributed by atoms with van der Waals surface area (Å²) in [5.41, 5.74) is 0.763. The first-order chi connectivity index (χ1) is 12.3. The van der Waals surface area contributed by atoms with Gasteiger partial charge in [0.15, 0.2) is 5.76 Å². The molecule has 0 bridgehead atoms. The molecule has 2 heterocycles. The second-order valence-corrected chi connectivity index (χ2v) is 7.53. The molecule has 1 atom stereocenters. The lowest BCUT2D eigenvalue weighted by molar-refractivity contribution is 0.00297. The van der Waals surface area contributed by atoms with Gasteiger partial charge in [-0.2, -0.15) is 0 Å². The van der Waals surface area contributed by atoms with Crippen molar-refractivity contribution in [1.29, 1.82) is 0 Å². The maximum absolute atomic E-state index is 13.0. The van der Waals surface area contributed by atoms with Gasteiger partial charge in [-0.15, -0.1) is 0 Å². The summed E-state index contributed by atoms with van der Waals surface area (Å²) in [6.45, 7) is 3.68. The number of aryl methyl sites for hydroxylation is 1. The second kappa shape index (κ2) is 7.29. The Bertz CT molecular complexity index is 798. The van der Waals surface area contributed by atoms with Gasteiger partial charge in [0.25, 0.3) is 5.91 Å². The third-order valence-electron chi connectivity index (χ3n) is 5.15. The van der Waals surface area contributed by atoms with Crippen LogP contribution in [0.25, 0.3) is 11.0 Å². The third-order valence-corrected chi connectivity index (χ3v) is 5.15. The van der Waals surface area contributed by atoms with Crippen LogP contribution in [0.5, 0.6) is 5.75 Å². The Hall–Kier alpha value is -2.05. The molecule has 1 aromatic heterocycles. The first kappa shape index (κ1) is 18.7. The van der Waals surface area contributed by atoms with Crippen molar-refractivity contribution in [3.63, 3.8) is 0 Å². The van der Waals surface area contributed by atoms with Crippen LogP contribution >= 0.6 is 0 Å². The van der Waals surface area contributed by atoms with Gasteiger partial charge >= 0.3 is 0 Å². The van der Waals surface area contributed by atoms with Crippen molar-refractivity contribution in [2.75, 3.05) is 40.8 Å². The molecule has 0 unspecified atom stereocenters. The highest BCUT2D eigenvalue weighted by atomic mass is 16.5. The Morgan fingerprint density at radius 2 is 2.12 bits per heavy atom. The van der Waals surface area contributed by atoms with Gasteiger partial charge in [0, 0.05) is 36.7 Å². The standard InChI is InChI=1S/C20H28N2O4/c1-14-16-7-6-15(25-4)12-17(16)26-18(14)19(23)22-10-5-8-20(24,9-11-22)13-21(2)3/h6-7,12,24H,5,8-11,13H2,1-4H3/t20-/m0/s1. The number of rotatable bonds is 4. The van der Waals surface area contributed by atoms with E-state index >= 15 is 0 Å². The van der Waals surface area contributed by atoms with Crippen molar-refractivity contribution >= 4 is 16.9 Å². The first-order valence-electron chi connectivity index (χ1n) is 9.06. The van der Waals surface area contributed by atoms with E-state index in [9.17, 15) is 9.90 Å². The van der Waals surface area contributed by atoms with Crippen LogP contribution in [-0.4, -0.2) is 67.3 Å². The lowest BCUT2D eigenvalue weighted by atomic mass is 9.94. The quantitative estimate of drug-likeness (QED) is 0.908. The molecule has 6 heteroatoms. The normalized spacial score (nSPS) is 21.2. The minimum absolute atomic E-state index is 0.105. The number of ether oxygens (including phenoxy) is 1. The van der Waals surface area contributed by atoms with Gasteiger partial charge < -0.3 is 24.1 Å². The van der Waals surface area contributed by atoms with Gasteiger partial charge in [-0.05, 0) is 52.4 Å². The van der Waals surface area contributed by atoms with Crippen molar-refractivity contribution in [2.24, 2.45) is 0 Å². The highest BCUT2D eigenvalue weighted by Gasteiger charge is 2.33. The number of hydrogen-bond acceptors (Lipinski definition) is 5. The molecule has 3 rings (SSSR count). The average Bonchev–Trinajstić information content (AvgIpc) is 2.79. The van der Waals surface area contributed by atoms with E-state index in [1.54, 1.807) is 18.1 Å². The largest absolute Gasteiger partial charge is 0.497 e. The molecule has 0 saturated carbocycles. The fourth-order valence-corrected chi connectivity index (χ4v) is 3.81. The zero-order valence-electron chi connectivity index (χ0n) is 16.0. The van der Waals surface area contributed by atoms with Crippen molar-refractivity contribution in [2.45, 2.75) is 31.8 Å². The summed E-state index contributed by atoms with van der Waals surface area (Å²) < 4.78 is 11.1. The van der Waals surface area contributed by atoms with Crippen molar-refractivity contribution in [3.8, 4) is 5.75 Å². The molecule has 1 N–H and O–H groups in total.